The van der Waals surface area contributed by atoms with Crippen LogP contribution < -0.4 is 5.32 Å². The molecule has 1 aromatic heterocycles. The highest BCUT2D eigenvalue weighted by Crippen LogP contribution is 2.46. The number of hydrogen-bond acceptors (Lipinski definition) is 5. The van der Waals surface area contributed by atoms with Gasteiger partial charge in [-0.1, -0.05) is 13.8 Å². The molecule has 2 atom stereocenters. The first kappa shape index (κ1) is 21.4. The van der Waals surface area contributed by atoms with Gasteiger partial charge in [-0.25, -0.2) is 0 Å². The Morgan fingerprint density at radius 2 is 2.19 bits per heavy atom. The van der Waals surface area contributed by atoms with Crippen LogP contribution in [0.3, 0.4) is 0 Å². The second-order valence-electron chi connectivity index (χ2n) is 8.37. The van der Waals surface area contributed by atoms with Gasteiger partial charge in [0.2, 0.25) is 0 Å². The van der Waals surface area contributed by atoms with Crippen molar-refractivity contribution in [2.24, 2.45) is 11.3 Å². The first-order valence-corrected chi connectivity index (χ1v) is 9.90. The normalized spacial score (nSPS) is 22.8. The molecular formula is C20H38N4O2. The fraction of sp³-hybridized carbons (Fsp3) is 0.850. The topological polar surface area (TPSA) is 62.4 Å². The number of hydrogen-bond donors (Lipinski definition) is 2. The van der Waals surface area contributed by atoms with Crippen LogP contribution in [0.15, 0.2) is 6.20 Å². The summed E-state index contributed by atoms with van der Waals surface area (Å²) in [5.41, 5.74) is 3.00. The zero-order valence-electron chi connectivity index (χ0n) is 17.3. The molecule has 0 aliphatic heterocycles. The second-order valence-corrected chi connectivity index (χ2v) is 8.37. The average molecular weight is 367 g/mol. The van der Waals surface area contributed by atoms with Crippen LogP contribution in [0.2, 0.25) is 0 Å². The quantitative estimate of drug-likeness (QED) is 0.590. The molecule has 1 aliphatic rings. The van der Waals surface area contributed by atoms with Gasteiger partial charge < -0.3 is 19.7 Å². The minimum absolute atomic E-state index is 0.327. The molecule has 1 saturated carbocycles. The van der Waals surface area contributed by atoms with Crippen LogP contribution in [-0.2, 0) is 16.0 Å². The zero-order chi connectivity index (χ0) is 19.0. The first-order chi connectivity index (χ1) is 12.5. The molecule has 0 amide bonds. The molecule has 1 unspecified atom stereocenters. The van der Waals surface area contributed by atoms with E-state index in [1.165, 1.54) is 24.1 Å². The molecule has 2 rings (SSSR count). The summed E-state index contributed by atoms with van der Waals surface area (Å²) in [7, 11) is 5.89. The molecule has 2 N–H and O–H groups in total. The molecule has 0 aromatic carbocycles. The van der Waals surface area contributed by atoms with Gasteiger partial charge in [0.05, 0.1) is 26.0 Å². The lowest BCUT2D eigenvalue weighted by Crippen LogP contribution is -2.35. The molecule has 0 saturated heterocycles. The summed E-state index contributed by atoms with van der Waals surface area (Å²) in [4.78, 5) is 2.35. The molecular weight excluding hydrogens is 328 g/mol. The van der Waals surface area contributed by atoms with Crippen molar-refractivity contribution < 1.29 is 9.47 Å². The van der Waals surface area contributed by atoms with E-state index in [1.807, 2.05) is 13.2 Å². The fourth-order valence-corrected chi connectivity index (χ4v) is 3.93. The van der Waals surface area contributed by atoms with Gasteiger partial charge in [0.15, 0.2) is 0 Å². The Bertz CT molecular complexity index is 518. The van der Waals surface area contributed by atoms with E-state index in [1.54, 1.807) is 7.11 Å². The molecule has 0 radical (unpaired) electrons. The number of ether oxygens (including phenoxy) is 2. The van der Waals surface area contributed by atoms with Crippen molar-refractivity contribution in [3.63, 3.8) is 0 Å². The number of methoxy groups -OCH3 is 1. The highest BCUT2D eigenvalue weighted by molar-refractivity contribution is 5.21. The van der Waals surface area contributed by atoms with E-state index in [4.69, 9.17) is 9.47 Å². The predicted octanol–water partition coefficient (Wildman–Crippen LogP) is 2.63. The van der Waals surface area contributed by atoms with E-state index in [-0.39, 0.29) is 0 Å². The highest BCUT2D eigenvalue weighted by atomic mass is 16.5. The van der Waals surface area contributed by atoms with E-state index in [0.29, 0.717) is 30.5 Å². The van der Waals surface area contributed by atoms with E-state index in [0.717, 1.165) is 32.7 Å². The summed E-state index contributed by atoms with van der Waals surface area (Å²) in [5.74, 6) is 1.12. The van der Waals surface area contributed by atoms with Gasteiger partial charge in [0.25, 0.3) is 0 Å². The Morgan fingerprint density at radius 3 is 2.92 bits per heavy atom. The van der Waals surface area contributed by atoms with Gasteiger partial charge in [0.1, 0.15) is 0 Å². The minimum Gasteiger partial charge on any atom is -0.382 e. The molecule has 6 nitrogen and oxygen atoms in total. The van der Waals surface area contributed by atoms with E-state index in [9.17, 15) is 0 Å². The van der Waals surface area contributed by atoms with Crippen molar-refractivity contribution in [2.75, 3.05) is 54.1 Å². The van der Waals surface area contributed by atoms with Crippen LogP contribution in [0.5, 0.6) is 0 Å². The Hall–Kier alpha value is -0.950. The van der Waals surface area contributed by atoms with E-state index < -0.39 is 0 Å². The third-order valence-corrected chi connectivity index (χ3v) is 5.91. The number of likely N-dealkylation sites (N-methyl/N-ethyl adjacent to an activating group) is 2. The van der Waals surface area contributed by atoms with Gasteiger partial charge in [-0.2, -0.15) is 5.10 Å². The Labute approximate surface area is 159 Å². The predicted molar refractivity (Wildman–Crippen MR) is 105 cm³/mol. The average Bonchev–Trinajstić information content (AvgIpc) is 3.06. The van der Waals surface area contributed by atoms with Crippen molar-refractivity contribution in [3.05, 3.63) is 17.5 Å². The molecule has 1 aliphatic carbocycles. The van der Waals surface area contributed by atoms with Crippen LogP contribution in [0.1, 0.15) is 50.3 Å². The molecule has 6 heteroatoms. The molecule has 150 valence electrons. The summed E-state index contributed by atoms with van der Waals surface area (Å²) in [6.07, 6.45) is 5.62. The zero-order valence-corrected chi connectivity index (χ0v) is 17.3. The standard InChI is InChI=1S/C20H38N4O2/c1-20(2)7-6-16(12-18(20)15-26-11-10-25-5)19-17(13-22-23-19)14-24(4)9-8-21-3/h13,16,18,21H,6-12,14-15H2,1-5H3,(H,22,23)/t16?,18-/m0/s1. The van der Waals surface area contributed by atoms with Crippen LogP contribution in [0, 0.1) is 11.3 Å². The number of nitrogens with zero attached hydrogens (tertiary/aromatic N) is 2. The van der Waals surface area contributed by atoms with Crippen molar-refractivity contribution in [1.82, 2.24) is 20.4 Å². The van der Waals surface area contributed by atoms with Crippen molar-refractivity contribution >= 4 is 0 Å². The Morgan fingerprint density at radius 1 is 1.38 bits per heavy atom. The van der Waals surface area contributed by atoms with Crippen LogP contribution in [0.25, 0.3) is 0 Å². The smallest absolute Gasteiger partial charge is 0.0700 e. The SMILES string of the molecule is CNCCN(C)Cc1cn[nH]c1C1CCC(C)(C)[C@H](COCCOC)C1. The van der Waals surface area contributed by atoms with E-state index in [2.05, 4.69) is 41.3 Å². The monoisotopic (exact) mass is 366 g/mol. The Balaban J connectivity index is 1.97. The lowest BCUT2D eigenvalue weighted by atomic mass is 9.65. The summed E-state index contributed by atoms with van der Waals surface area (Å²) in [5, 5.41) is 10.9. The van der Waals surface area contributed by atoms with Gasteiger partial charge >= 0.3 is 0 Å². The van der Waals surface area contributed by atoms with Crippen LogP contribution in [0.4, 0.5) is 0 Å². The van der Waals surface area contributed by atoms with E-state index >= 15 is 0 Å². The van der Waals surface area contributed by atoms with Gasteiger partial charge in [-0.05, 0) is 44.7 Å². The number of H-pyrrole nitrogens is 1. The third-order valence-electron chi connectivity index (χ3n) is 5.91. The Kier molecular flexibility index (Phi) is 8.54. The highest BCUT2D eigenvalue weighted by Gasteiger charge is 2.38. The summed E-state index contributed by atoms with van der Waals surface area (Å²) in [6, 6.07) is 0. The second kappa shape index (κ2) is 10.4. The van der Waals surface area contributed by atoms with Gasteiger partial charge in [0, 0.05) is 43.9 Å². The molecule has 26 heavy (non-hydrogen) atoms. The molecule has 0 bridgehead atoms. The molecule has 1 aromatic rings. The lowest BCUT2D eigenvalue weighted by Gasteiger charge is -2.42. The molecule has 1 heterocycles. The maximum Gasteiger partial charge on any atom is 0.0700 e. The number of nitrogens with one attached hydrogen (secondary N) is 2. The van der Waals surface area contributed by atoms with Crippen molar-refractivity contribution in [2.45, 2.75) is 45.6 Å². The molecule has 0 spiro atoms. The van der Waals surface area contributed by atoms with Gasteiger partial charge in [-0.15, -0.1) is 0 Å². The van der Waals surface area contributed by atoms with Crippen molar-refractivity contribution in [1.29, 1.82) is 0 Å². The van der Waals surface area contributed by atoms with Crippen molar-refractivity contribution in [3.8, 4) is 0 Å². The minimum atomic E-state index is 0.327. The van der Waals surface area contributed by atoms with Crippen LogP contribution >= 0.6 is 0 Å². The summed E-state index contributed by atoms with van der Waals surface area (Å²) >= 11 is 0. The maximum absolute atomic E-state index is 5.89. The fourth-order valence-electron chi connectivity index (χ4n) is 3.93. The van der Waals surface area contributed by atoms with Crippen LogP contribution in [-0.4, -0.2) is 69.2 Å². The lowest BCUT2D eigenvalue weighted by molar-refractivity contribution is -0.000399. The summed E-state index contributed by atoms with van der Waals surface area (Å²) < 4.78 is 11.0. The summed E-state index contributed by atoms with van der Waals surface area (Å²) in [6.45, 7) is 9.91. The largest absolute Gasteiger partial charge is 0.382 e. The third kappa shape index (κ3) is 6.05. The number of aromatic nitrogens is 2. The van der Waals surface area contributed by atoms with Gasteiger partial charge in [-0.3, -0.25) is 5.10 Å². The number of rotatable bonds is 11. The number of aromatic amines is 1. The molecule has 1 fully saturated rings. The maximum atomic E-state index is 5.89. The first-order valence-electron chi connectivity index (χ1n) is 9.90.